The van der Waals surface area contributed by atoms with Gasteiger partial charge in [-0.1, -0.05) is 0 Å². The fourth-order valence-corrected chi connectivity index (χ4v) is 1.47. The van der Waals surface area contributed by atoms with Crippen LogP contribution in [0.25, 0.3) is 11.4 Å². The molecule has 6 nitrogen and oxygen atoms in total. The number of rotatable bonds is 3. The smallest absolute Gasteiger partial charge is 0.307 e. The molecule has 0 aliphatic heterocycles. The van der Waals surface area contributed by atoms with Gasteiger partial charge in [0.15, 0.2) is 0 Å². The Morgan fingerprint density at radius 1 is 1.50 bits per heavy atom. The average molecular weight is 218 g/mol. The maximum absolute atomic E-state index is 10.7. The number of hydrogen-bond donors (Lipinski definition) is 1. The number of nitrogens with zero attached hydrogens (tertiary/aromatic N) is 4. The van der Waals surface area contributed by atoms with Gasteiger partial charge in [-0.25, -0.2) is 0 Å². The Hall–Kier alpha value is -2.24. The summed E-state index contributed by atoms with van der Waals surface area (Å²) in [7, 11) is 1.74. The van der Waals surface area contributed by atoms with Crippen molar-refractivity contribution in [2.24, 2.45) is 7.05 Å². The van der Waals surface area contributed by atoms with Gasteiger partial charge in [0.2, 0.25) is 0 Å². The summed E-state index contributed by atoms with van der Waals surface area (Å²) in [5.41, 5.74) is 1.79. The molecule has 0 aliphatic rings. The third-order valence-electron chi connectivity index (χ3n) is 2.05. The van der Waals surface area contributed by atoms with E-state index in [1.54, 1.807) is 36.5 Å². The highest BCUT2D eigenvalue weighted by atomic mass is 16.4. The predicted molar refractivity (Wildman–Crippen MR) is 55.6 cm³/mol. The van der Waals surface area contributed by atoms with Gasteiger partial charge in [0, 0.05) is 31.2 Å². The van der Waals surface area contributed by atoms with Crippen LogP contribution in [0.2, 0.25) is 0 Å². The van der Waals surface area contributed by atoms with Gasteiger partial charge in [0.05, 0.1) is 12.6 Å². The molecule has 82 valence electrons. The number of aryl methyl sites for hydroxylation is 1. The first kappa shape index (κ1) is 10.3. The number of hydrogen-bond acceptors (Lipinski definition) is 4. The van der Waals surface area contributed by atoms with Crippen molar-refractivity contribution in [3.8, 4) is 11.4 Å². The van der Waals surface area contributed by atoms with Gasteiger partial charge in [-0.15, -0.1) is 0 Å². The van der Waals surface area contributed by atoms with Crippen molar-refractivity contribution >= 4 is 5.97 Å². The average Bonchev–Trinajstić information content (AvgIpc) is 2.60. The lowest BCUT2D eigenvalue weighted by atomic mass is 10.1. The molecule has 0 amide bonds. The number of carbonyl (C=O) groups is 1. The Balaban J connectivity index is 2.44. The van der Waals surface area contributed by atoms with Gasteiger partial charge in [0.25, 0.3) is 0 Å². The van der Waals surface area contributed by atoms with E-state index in [4.69, 9.17) is 5.11 Å². The van der Waals surface area contributed by atoms with Crippen molar-refractivity contribution in [2.45, 2.75) is 6.42 Å². The van der Waals surface area contributed by atoms with Crippen molar-refractivity contribution in [3.05, 3.63) is 30.4 Å². The lowest BCUT2D eigenvalue weighted by Crippen LogP contribution is -2.00. The molecule has 0 saturated heterocycles. The van der Waals surface area contributed by atoms with Gasteiger partial charge < -0.3 is 5.11 Å². The summed E-state index contributed by atoms with van der Waals surface area (Å²) in [4.78, 5) is 18.7. The van der Waals surface area contributed by atoms with Crippen LogP contribution in [0.1, 0.15) is 5.56 Å². The number of carboxylic acid groups (broad SMARTS) is 1. The topological polar surface area (TPSA) is 80.9 Å². The number of carboxylic acids is 1. The molecule has 0 saturated carbocycles. The van der Waals surface area contributed by atoms with E-state index >= 15 is 0 Å². The fraction of sp³-hybridized carbons (Fsp3) is 0.200. The Kier molecular flexibility index (Phi) is 2.63. The van der Waals surface area contributed by atoms with E-state index in [0.717, 1.165) is 0 Å². The highest BCUT2D eigenvalue weighted by Gasteiger charge is 2.13. The predicted octanol–water partition coefficient (Wildman–Crippen LogP) is 0.504. The first-order chi connectivity index (χ1) is 7.66. The van der Waals surface area contributed by atoms with Gasteiger partial charge in [0.1, 0.15) is 11.4 Å². The largest absolute Gasteiger partial charge is 0.481 e. The van der Waals surface area contributed by atoms with Crippen molar-refractivity contribution in [3.63, 3.8) is 0 Å². The van der Waals surface area contributed by atoms with E-state index in [9.17, 15) is 4.79 Å². The normalized spacial score (nSPS) is 10.3. The molecule has 0 bridgehead atoms. The minimum absolute atomic E-state index is 0.0697. The van der Waals surface area contributed by atoms with E-state index in [-0.39, 0.29) is 6.42 Å². The van der Waals surface area contributed by atoms with Crippen LogP contribution in [0.15, 0.2) is 24.8 Å². The van der Waals surface area contributed by atoms with Crippen molar-refractivity contribution < 1.29 is 9.90 Å². The summed E-state index contributed by atoms with van der Waals surface area (Å²) < 4.78 is 1.57. The Bertz CT molecular complexity index is 507. The number of aromatic nitrogens is 4. The maximum Gasteiger partial charge on any atom is 0.307 e. The van der Waals surface area contributed by atoms with Crippen LogP contribution >= 0.6 is 0 Å². The standard InChI is InChI=1S/C10H10N4O2/c1-14-6-7(4-9(15)16)10(13-14)8-5-11-2-3-12-8/h2-3,5-6H,4H2,1H3,(H,15,16). The summed E-state index contributed by atoms with van der Waals surface area (Å²) in [6, 6.07) is 0. The Morgan fingerprint density at radius 2 is 2.31 bits per heavy atom. The van der Waals surface area contributed by atoms with Crippen LogP contribution in [0.5, 0.6) is 0 Å². The lowest BCUT2D eigenvalue weighted by molar-refractivity contribution is -0.136. The molecule has 2 aromatic heterocycles. The highest BCUT2D eigenvalue weighted by Crippen LogP contribution is 2.18. The van der Waals surface area contributed by atoms with E-state index in [1.807, 2.05) is 0 Å². The fourth-order valence-electron chi connectivity index (χ4n) is 1.47. The van der Waals surface area contributed by atoms with Crippen LogP contribution in [0.3, 0.4) is 0 Å². The first-order valence-corrected chi connectivity index (χ1v) is 4.67. The molecular weight excluding hydrogens is 208 g/mol. The molecule has 0 aromatic carbocycles. The maximum atomic E-state index is 10.7. The zero-order valence-corrected chi connectivity index (χ0v) is 8.66. The van der Waals surface area contributed by atoms with E-state index < -0.39 is 5.97 Å². The minimum Gasteiger partial charge on any atom is -0.481 e. The zero-order valence-electron chi connectivity index (χ0n) is 8.66. The van der Waals surface area contributed by atoms with Gasteiger partial charge in [-0.05, 0) is 0 Å². The van der Waals surface area contributed by atoms with Gasteiger partial charge in [-0.2, -0.15) is 5.10 Å². The molecule has 0 radical (unpaired) electrons. The molecule has 16 heavy (non-hydrogen) atoms. The van der Waals surface area contributed by atoms with Gasteiger partial charge in [-0.3, -0.25) is 19.4 Å². The van der Waals surface area contributed by atoms with E-state index in [0.29, 0.717) is 17.0 Å². The molecule has 0 spiro atoms. The van der Waals surface area contributed by atoms with Crippen molar-refractivity contribution in [1.82, 2.24) is 19.7 Å². The summed E-state index contributed by atoms with van der Waals surface area (Å²) >= 11 is 0. The van der Waals surface area contributed by atoms with Crippen LogP contribution in [0.4, 0.5) is 0 Å². The van der Waals surface area contributed by atoms with Crippen molar-refractivity contribution in [1.29, 1.82) is 0 Å². The highest BCUT2D eigenvalue weighted by molar-refractivity contribution is 5.73. The van der Waals surface area contributed by atoms with Crippen LogP contribution in [-0.4, -0.2) is 30.8 Å². The SMILES string of the molecule is Cn1cc(CC(=O)O)c(-c2cnccn2)n1. The quantitative estimate of drug-likeness (QED) is 0.811. The van der Waals surface area contributed by atoms with Crippen molar-refractivity contribution in [2.75, 3.05) is 0 Å². The van der Waals surface area contributed by atoms with Crippen LogP contribution in [0, 0.1) is 0 Å². The second kappa shape index (κ2) is 4.09. The molecule has 0 unspecified atom stereocenters. The van der Waals surface area contributed by atoms with Crippen LogP contribution < -0.4 is 0 Å². The molecule has 6 heteroatoms. The first-order valence-electron chi connectivity index (χ1n) is 4.67. The summed E-state index contributed by atoms with van der Waals surface area (Å²) in [5, 5.41) is 13.0. The molecule has 2 heterocycles. The minimum atomic E-state index is -0.891. The third-order valence-corrected chi connectivity index (χ3v) is 2.05. The molecule has 1 N–H and O–H groups in total. The van der Waals surface area contributed by atoms with E-state index in [2.05, 4.69) is 15.1 Å². The van der Waals surface area contributed by atoms with Crippen LogP contribution in [-0.2, 0) is 18.3 Å². The molecule has 2 rings (SSSR count). The Labute approximate surface area is 91.6 Å². The monoisotopic (exact) mass is 218 g/mol. The third kappa shape index (κ3) is 2.05. The summed E-state index contributed by atoms with van der Waals surface area (Å²) in [6.07, 6.45) is 6.28. The summed E-state index contributed by atoms with van der Waals surface area (Å²) in [6.45, 7) is 0. The van der Waals surface area contributed by atoms with Gasteiger partial charge >= 0.3 is 5.97 Å². The molecular formula is C10H10N4O2. The molecule has 0 atom stereocenters. The molecule has 2 aromatic rings. The number of aliphatic carboxylic acids is 1. The second-order valence-electron chi connectivity index (χ2n) is 3.34. The second-order valence-corrected chi connectivity index (χ2v) is 3.34. The molecule has 0 fully saturated rings. The summed E-state index contributed by atoms with van der Waals surface area (Å²) in [5.74, 6) is -0.891. The zero-order chi connectivity index (χ0) is 11.5. The van der Waals surface area contributed by atoms with E-state index in [1.165, 1.54) is 0 Å². The lowest BCUT2D eigenvalue weighted by Gasteiger charge is -1.97. The molecule has 0 aliphatic carbocycles. The Morgan fingerprint density at radius 3 is 2.94 bits per heavy atom.